The van der Waals surface area contributed by atoms with Crippen molar-refractivity contribution in [3.8, 4) is 5.75 Å². The fraction of sp³-hybridized carbons (Fsp3) is 0.200. The fourth-order valence-electron chi connectivity index (χ4n) is 1.14. The maximum atomic E-state index is 13.2. The highest BCUT2D eigenvalue weighted by atomic mass is 19.2. The van der Waals surface area contributed by atoms with Crippen molar-refractivity contribution >= 4 is 0 Å². The highest BCUT2D eigenvalue weighted by Crippen LogP contribution is 2.28. The van der Waals surface area contributed by atoms with Crippen LogP contribution in [-0.4, -0.2) is 7.11 Å². The van der Waals surface area contributed by atoms with Crippen molar-refractivity contribution in [2.45, 2.75) is 6.04 Å². The Labute approximate surface area is 81.0 Å². The van der Waals surface area contributed by atoms with Crippen LogP contribution in [0.5, 0.6) is 5.75 Å². The van der Waals surface area contributed by atoms with Crippen molar-refractivity contribution in [2.75, 3.05) is 7.11 Å². The number of hydrogen-bond donors (Lipinski definition) is 1. The maximum Gasteiger partial charge on any atom is 0.200 e. The molecule has 1 rings (SSSR count). The minimum atomic E-state index is -1.03. The summed E-state index contributed by atoms with van der Waals surface area (Å²) in [6, 6.07) is 1.82. The van der Waals surface area contributed by atoms with Gasteiger partial charge in [0.15, 0.2) is 11.6 Å². The fourth-order valence-corrected chi connectivity index (χ4v) is 1.14. The molecule has 1 atom stereocenters. The lowest BCUT2D eigenvalue weighted by Gasteiger charge is -2.12. The van der Waals surface area contributed by atoms with Crippen LogP contribution in [0.2, 0.25) is 0 Å². The third-order valence-electron chi connectivity index (χ3n) is 1.90. The first kappa shape index (κ1) is 10.7. The van der Waals surface area contributed by atoms with Crippen LogP contribution in [-0.2, 0) is 0 Å². The third-order valence-corrected chi connectivity index (χ3v) is 1.90. The van der Waals surface area contributed by atoms with Crippen LogP contribution in [0.25, 0.3) is 0 Å². The summed E-state index contributed by atoms with van der Waals surface area (Å²) >= 11 is 0. The molecule has 2 nitrogen and oxygen atoms in total. The highest BCUT2D eigenvalue weighted by Gasteiger charge is 2.16. The molecule has 0 spiro atoms. The Balaban J connectivity index is 3.30. The van der Waals surface area contributed by atoms with Gasteiger partial charge in [0, 0.05) is 5.56 Å². The van der Waals surface area contributed by atoms with Crippen LogP contribution >= 0.6 is 0 Å². The van der Waals surface area contributed by atoms with E-state index in [1.807, 2.05) is 0 Å². The Morgan fingerprint density at radius 2 is 2.14 bits per heavy atom. The predicted octanol–water partition coefficient (Wildman–Crippen LogP) is 2.16. The molecule has 1 aromatic rings. The zero-order valence-electron chi connectivity index (χ0n) is 7.76. The minimum Gasteiger partial charge on any atom is -0.493 e. The van der Waals surface area contributed by atoms with Gasteiger partial charge in [-0.1, -0.05) is 12.1 Å². The van der Waals surface area contributed by atoms with Crippen molar-refractivity contribution in [3.63, 3.8) is 0 Å². The summed E-state index contributed by atoms with van der Waals surface area (Å²) in [5.74, 6) is -2.15. The van der Waals surface area contributed by atoms with Gasteiger partial charge in [0.05, 0.1) is 13.2 Å². The van der Waals surface area contributed by atoms with E-state index in [9.17, 15) is 8.78 Å². The lowest BCUT2D eigenvalue weighted by atomic mass is 10.1. The van der Waals surface area contributed by atoms with Crippen molar-refractivity contribution < 1.29 is 13.5 Å². The van der Waals surface area contributed by atoms with Gasteiger partial charge in [-0.15, -0.1) is 6.58 Å². The molecular formula is C10H11F2NO. The van der Waals surface area contributed by atoms with E-state index in [-0.39, 0.29) is 5.75 Å². The summed E-state index contributed by atoms with van der Waals surface area (Å²) in [5, 5.41) is 0. The highest BCUT2D eigenvalue weighted by molar-refractivity contribution is 5.39. The first-order chi connectivity index (χ1) is 6.61. The zero-order valence-corrected chi connectivity index (χ0v) is 7.76. The maximum absolute atomic E-state index is 13.2. The molecule has 0 aliphatic carbocycles. The lowest BCUT2D eigenvalue weighted by Crippen LogP contribution is -2.09. The molecule has 14 heavy (non-hydrogen) atoms. The summed E-state index contributed by atoms with van der Waals surface area (Å²) < 4.78 is 30.7. The van der Waals surface area contributed by atoms with Crippen LogP contribution in [0.3, 0.4) is 0 Å². The normalized spacial score (nSPS) is 12.3. The van der Waals surface area contributed by atoms with E-state index in [1.54, 1.807) is 0 Å². The molecular weight excluding hydrogens is 188 g/mol. The summed E-state index contributed by atoms with van der Waals surface area (Å²) in [6.07, 6.45) is 1.43. The Morgan fingerprint density at radius 3 is 2.64 bits per heavy atom. The predicted molar refractivity (Wildman–Crippen MR) is 50.0 cm³/mol. The Kier molecular flexibility index (Phi) is 3.19. The van der Waals surface area contributed by atoms with Crippen LogP contribution in [0.4, 0.5) is 8.78 Å². The molecule has 2 N–H and O–H groups in total. The molecule has 1 unspecified atom stereocenters. The molecule has 0 bridgehead atoms. The number of methoxy groups -OCH3 is 1. The number of nitrogens with two attached hydrogens (primary N) is 1. The molecule has 4 heteroatoms. The largest absolute Gasteiger partial charge is 0.493 e. The van der Waals surface area contributed by atoms with Gasteiger partial charge in [-0.25, -0.2) is 4.39 Å². The van der Waals surface area contributed by atoms with Gasteiger partial charge in [0.1, 0.15) is 0 Å². The average molecular weight is 199 g/mol. The van der Waals surface area contributed by atoms with Gasteiger partial charge in [-0.05, 0) is 6.07 Å². The van der Waals surface area contributed by atoms with E-state index in [0.717, 1.165) is 6.07 Å². The van der Waals surface area contributed by atoms with Crippen molar-refractivity contribution in [1.29, 1.82) is 0 Å². The van der Waals surface area contributed by atoms with E-state index in [2.05, 4.69) is 6.58 Å². The topological polar surface area (TPSA) is 35.2 Å². The summed E-state index contributed by atoms with van der Waals surface area (Å²) in [7, 11) is 1.26. The van der Waals surface area contributed by atoms with Gasteiger partial charge in [-0.2, -0.15) is 4.39 Å². The van der Waals surface area contributed by atoms with Gasteiger partial charge < -0.3 is 10.5 Å². The van der Waals surface area contributed by atoms with Crippen LogP contribution in [0.1, 0.15) is 11.6 Å². The number of benzene rings is 1. The Hall–Kier alpha value is -1.42. The molecule has 76 valence electrons. The van der Waals surface area contributed by atoms with Gasteiger partial charge >= 0.3 is 0 Å². The summed E-state index contributed by atoms with van der Waals surface area (Å²) in [6.45, 7) is 3.47. The van der Waals surface area contributed by atoms with Gasteiger partial charge in [0.2, 0.25) is 5.82 Å². The van der Waals surface area contributed by atoms with E-state index in [4.69, 9.17) is 10.5 Å². The molecule has 0 radical (unpaired) electrons. The second kappa shape index (κ2) is 4.19. The van der Waals surface area contributed by atoms with Crippen molar-refractivity contribution in [2.24, 2.45) is 5.73 Å². The molecule has 0 saturated heterocycles. The minimum absolute atomic E-state index is 0.169. The molecule has 0 saturated carbocycles. The summed E-state index contributed by atoms with van der Waals surface area (Å²) in [5.41, 5.74) is 5.98. The van der Waals surface area contributed by atoms with Crippen molar-refractivity contribution in [1.82, 2.24) is 0 Å². The van der Waals surface area contributed by atoms with Gasteiger partial charge in [-0.3, -0.25) is 0 Å². The zero-order chi connectivity index (χ0) is 10.7. The molecule has 0 fully saturated rings. The van der Waals surface area contributed by atoms with Crippen molar-refractivity contribution in [3.05, 3.63) is 42.0 Å². The summed E-state index contributed by atoms with van der Waals surface area (Å²) in [4.78, 5) is 0. The third kappa shape index (κ3) is 1.75. The quantitative estimate of drug-likeness (QED) is 0.757. The molecule has 0 aliphatic heterocycles. The van der Waals surface area contributed by atoms with Crippen LogP contribution in [0.15, 0.2) is 24.8 Å². The molecule has 0 aromatic heterocycles. The smallest absolute Gasteiger partial charge is 0.200 e. The monoisotopic (exact) mass is 199 g/mol. The van der Waals surface area contributed by atoms with Crippen LogP contribution in [0, 0.1) is 11.6 Å². The van der Waals surface area contributed by atoms with Gasteiger partial charge in [0.25, 0.3) is 0 Å². The standard InChI is InChI=1S/C10H11F2NO/c1-3-8(13)6-4-5-7(11)9(12)10(6)14-2/h3-5,8H,1,13H2,2H3. The first-order valence-corrected chi connectivity index (χ1v) is 4.01. The molecule has 0 heterocycles. The first-order valence-electron chi connectivity index (χ1n) is 4.01. The van der Waals surface area contributed by atoms with E-state index in [1.165, 1.54) is 19.3 Å². The molecule has 0 amide bonds. The lowest BCUT2D eigenvalue weighted by molar-refractivity contribution is 0.365. The number of ether oxygens (including phenoxy) is 1. The Bertz CT molecular complexity index is 352. The number of hydrogen-bond acceptors (Lipinski definition) is 2. The molecule has 0 aliphatic rings. The second-order valence-electron chi connectivity index (χ2n) is 2.75. The number of halogens is 2. The average Bonchev–Trinajstić information content (AvgIpc) is 2.20. The van der Waals surface area contributed by atoms with Crippen LogP contribution < -0.4 is 10.5 Å². The van der Waals surface area contributed by atoms with E-state index in [0.29, 0.717) is 5.56 Å². The second-order valence-corrected chi connectivity index (χ2v) is 2.75. The molecule has 1 aromatic carbocycles. The number of rotatable bonds is 3. The van der Waals surface area contributed by atoms with E-state index >= 15 is 0 Å². The Morgan fingerprint density at radius 1 is 1.50 bits per heavy atom. The SMILES string of the molecule is C=CC(N)c1ccc(F)c(F)c1OC. The van der Waals surface area contributed by atoms with E-state index < -0.39 is 17.7 Å².